The smallest absolute Gasteiger partial charge is 0.273 e. The summed E-state index contributed by atoms with van der Waals surface area (Å²) in [5.74, 6) is 0.609. The van der Waals surface area contributed by atoms with E-state index in [2.05, 4.69) is 14.9 Å². The van der Waals surface area contributed by atoms with Gasteiger partial charge in [-0.25, -0.2) is 4.98 Å². The molecule has 4 rings (SSSR count). The highest BCUT2D eigenvalue weighted by atomic mass is 32.1. The van der Waals surface area contributed by atoms with E-state index in [0.29, 0.717) is 22.8 Å². The number of anilines is 1. The maximum absolute atomic E-state index is 12.7. The fraction of sp³-hybridized carbons (Fsp3) is 0.706. The summed E-state index contributed by atoms with van der Waals surface area (Å²) in [4.78, 5) is 23.8. The van der Waals surface area contributed by atoms with Gasteiger partial charge in [0.2, 0.25) is 0 Å². The molecule has 1 unspecified atom stereocenters. The van der Waals surface area contributed by atoms with E-state index in [-0.39, 0.29) is 5.56 Å². The Hall–Kier alpha value is -1.47. The summed E-state index contributed by atoms with van der Waals surface area (Å²) in [6.07, 6.45) is 9.16. The average Bonchev–Trinajstić information content (AvgIpc) is 3.29. The highest BCUT2D eigenvalue weighted by Gasteiger charge is 2.21. The van der Waals surface area contributed by atoms with Crippen LogP contribution in [0.3, 0.4) is 0 Å². The first-order valence-corrected chi connectivity index (χ1v) is 9.81. The van der Waals surface area contributed by atoms with Crippen molar-refractivity contribution in [1.29, 1.82) is 0 Å². The third-order valence-corrected chi connectivity index (χ3v) is 6.33. The van der Waals surface area contributed by atoms with Crippen LogP contribution in [0.1, 0.15) is 44.9 Å². The number of hydrogen-bond donors (Lipinski definition) is 1. The Balaban J connectivity index is 1.52. The molecule has 1 aliphatic carbocycles. The molecule has 2 fully saturated rings. The lowest BCUT2D eigenvalue weighted by atomic mass is 10.00. The van der Waals surface area contributed by atoms with E-state index in [1.807, 2.05) is 0 Å². The number of hydrogen-bond acceptors (Lipinski definition) is 6. The second-order valence-corrected chi connectivity index (χ2v) is 8.06. The molecular formula is C17H24N4O2S. The lowest BCUT2D eigenvalue weighted by molar-refractivity contribution is 0.123. The largest absolute Gasteiger partial charge is 0.391 e. The summed E-state index contributed by atoms with van der Waals surface area (Å²) < 4.78 is 2.15. The predicted octanol–water partition coefficient (Wildman–Crippen LogP) is 2.39. The van der Waals surface area contributed by atoms with Crippen LogP contribution in [-0.4, -0.2) is 38.8 Å². The first-order chi connectivity index (χ1) is 11.7. The normalized spacial score (nSPS) is 20.3. The van der Waals surface area contributed by atoms with Crippen molar-refractivity contribution in [3.05, 3.63) is 16.7 Å². The average molecular weight is 348 g/mol. The molecule has 2 aromatic heterocycles. The first kappa shape index (κ1) is 16.0. The van der Waals surface area contributed by atoms with Gasteiger partial charge in [0, 0.05) is 13.1 Å². The van der Waals surface area contributed by atoms with Crippen LogP contribution in [0.5, 0.6) is 0 Å². The highest BCUT2D eigenvalue weighted by Crippen LogP contribution is 2.29. The summed E-state index contributed by atoms with van der Waals surface area (Å²) in [6.45, 7) is 2.34. The van der Waals surface area contributed by atoms with Gasteiger partial charge in [0.1, 0.15) is 11.0 Å². The fourth-order valence-electron chi connectivity index (χ4n) is 3.94. The van der Waals surface area contributed by atoms with Crippen molar-refractivity contribution in [1.82, 2.24) is 14.5 Å². The molecule has 130 valence electrons. The van der Waals surface area contributed by atoms with Gasteiger partial charge in [0.25, 0.3) is 5.56 Å². The standard InChI is InChI=1S/C17H24N4O2S/c22-13(9-12-5-1-2-6-12)10-21-11-18-15-14(16(21)23)24-17(19-15)20-7-3-4-8-20/h11-13,22H,1-10H2. The molecule has 2 aromatic rings. The van der Waals surface area contributed by atoms with E-state index >= 15 is 0 Å². The van der Waals surface area contributed by atoms with Crippen LogP contribution in [0.2, 0.25) is 0 Å². The monoisotopic (exact) mass is 348 g/mol. The molecule has 1 atom stereocenters. The van der Waals surface area contributed by atoms with Crippen molar-refractivity contribution in [3.63, 3.8) is 0 Å². The molecule has 0 aromatic carbocycles. The summed E-state index contributed by atoms with van der Waals surface area (Å²) in [7, 11) is 0. The minimum absolute atomic E-state index is 0.0755. The van der Waals surface area contributed by atoms with Crippen molar-refractivity contribution in [3.8, 4) is 0 Å². The topological polar surface area (TPSA) is 71.2 Å². The van der Waals surface area contributed by atoms with E-state index in [1.54, 1.807) is 4.57 Å². The maximum atomic E-state index is 12.7. The second kappa shape index (κ2) is 6.80. The zero-order valence-electron chi connectivity index (χ0n) is 13.9. The Kier molecular flexibility index (Phi) is 4.54. The minimum Gasteiger partial charge on any atom is -0.391 e. The van der Waals surface area contributed by atoms with Gasteiger partial charge < -0.3 is 10.0 Å². The van der Waals surface area contributed by atoms with Crippen LogP contribution >= 0.6 is 11.3 Å². The quantitative estimate of drug-likeness (QED) is 0.898. The molecule has 1 N–H and O–H groups in total. The van der Waals surface area contributed by atoms with Crippen molar-refractivity contribution >= 4 is 26.8 Å². The van der Waals surface area contributed by atoms with Gasteiger partial charge in [0.05, 0.1) is 12.6 Å². The zero-order valence-corrected chi connectivity index (χ0v) is 14.7. The summed E-state index contributed by atoms with van der Waals surface area (Å²) in [5.41, 5.74) is 0.460. The Labute approximate surface area is 145 Å². The van der Waals surface area contributed by atoms with Crippen molar-refractivity contribution in [2.75, 3.05) is 18.0 Å². The first-order valence-electron chi connectivity index (χ1n) is 8.99. The second-order valence-electron chi connectivity index (χ2n) is 7.09. The van der Waals surface area contributed by atoms with Crippen LogP contribution in [0.25, 0.3) is 10.3 Å². The Morgan fingerprint density at radius 2 is 2.00 bits per heavy atom. The van der Waals surface area contributed by atoms with Gasteiger partial charge >= 0.3 is 0 Å². The Morgan fingerprint density at radius 1 is 1.25 bits per heavy atom. The molecule has 7 heteroatoms. The third-order valence-electron chi connectivity index (χ3n) is 5.24. The number of rotatable bonds is 5. The van der Waals surface area contributed by atoms with Gasteiger partial charge in [-0.1, -0.05) is 37.0 Å². The molecule has 1 saturated heterocycles. The van der Waals surface area contributed by atoms with E-state index in [1.165, 1.54) is 56.2 Å². The number of nitrogens with zero attached hydrogens (tertiary/aromatic N) is 4. The maximum Gasteiger partial charge on any atom is 0.273 e. The van der Waals surface area contributed by atoms with Crippen molar-refractivity contribution in [2.24, 2.45) is 5.92 Å². The zero-order chi connectivity index (χ0) is 16.5. The summed E-state index contributed by atoms with van der Waals surface area (Å²) >= 11 is 1.43. The Bertz CT molecular complexity index is 760. The number of fused-ring (bicyclic) bond motifs is 1. The highest BCUT2D eigenvalue weighted by molar-refractivity contribution is 7.22. The number of aliphatic hydroxyl groups excluding tert-OH is 1. The molecule has 24 heavy (non-hydrogen) atoms. The molecule has 1 aliphatic heterocycles. The molecule has 0 spiro atoms. The van der Waals surface area contributed by atoms with E-state index < -0.39 is 6.10 Å². The molecule has 0 amide bonds. The number of thiazole rings is 1. The molecule has 1 saturated carbocycles. The lowest BCUT2D eigenvalue weighted by Gasteiger charge is -2.16. The van der Waals surface area contributed by atoms with Crippen LogP contribution < -0.4 is 10.5 Å². The molecule has 2 aliphatic rings. The minimum atomic E-state index is -0.476. The van der Waals surface area contributed by atoms with Gasteiger partial charge in [-0.05, 0) is 25.2 Å². The fourth-order valence-corrected chi connectivity index (χ4v) is 4.96. The van der Waals surface area contributed by atoms with Gasteiger partial charge in [0.15, 0.2) is 10.8 Å². The molecule has 6 nitrogen and oxygen atoms in total. The van der Waals surface area contributed by atoms with Crippen molar-refractivity contribution in [2.45, 2.75) is 57.6 Å². The molecule has 3 heterocycles. The number of aromatic nitrogens is 3. The van der Waals surface area contributed by atoms with E-state index in [9.17, 15) is 9.90 Å². The van der Waals surface area contributed by atoms with Gasteiger partial charge in [-0.15, -0.1) is 0 Å². The van der Waals surface area contributed by atoms with Crippen molar-refractivity contribution < 1.29 is 5.11 Å². The van der Waals surface area contributed by atoms with Crippen LogP contribution in [0.15, 0.2) is 11.1 Å². The van der Waals surface area contributed by atoms with Crippen LogP contribution in [0, 0.1) is 5.92 Å². The summed E-state index contributed by atoms with van der Waals surface area (Å²) in [6, 6.07) is 0. The predicted molar refractivity (Wildman–Crippen MR) is 95.7 cm³/mol. The van der Waals surface area contributed by atoms with Gasteiger partial charge in [-0.2, -0.15) is 4.98 Å². The SMILES string of the molecule is O=c1c2sc(N3CCCC3)nc2ncn1CC(O)CC1CCCC1. The Morgan fingerprint density at radius 3 is 2.75 bits per heavy atom. The third kappa shape index (κ3) is 3.19. The lowest BCUT2D eigenvalue weighted by Crippen LogP contribution is -2.27. The van der Waals surface area contributed by atoms with E-state index in [0.717, 1.165) is 24.6 Å². The number of aliphatic hydroxyl groups is 1. The molecule has 0 radical (unpaired) electrons. The van der Waals surface area contributed by atoms with E-state index in [4.69, 9.17) is 0 Å². The summed E-state index contributed by atoms with van der Waals surface area (Å²) in [5, 5.41) is 11.2. The molecular weight excluding hydrogens is 324 g/mol. The van der Waals surface area contributed by atoms with Crippen LogP contribution in [0.4, 0.5) is 5.13 Å². The molecule has 0 bridgehead atoms. The van der Waals surface area contributed by atoms with Crippen LogP contribution in [-0.2, 0) is 6.54 Å². The van der Waals surface area contributed by atoms with Gasteiger partial charge in [-0.3, -0.25) is 9.36 Å².